The topological polar surface area (TPSA) is 26.3 Å². The van der Waals surface area contributed by atoms with Crippen LogP contribution in [-0.4, -0.2) is 5.97 Å². The van der Waals surface area contributed by atoms with E-state index in [1.165, 1.54) is 0 Å². The van der Waals surface area contributed by atoms with Crippen molar-refractivity contribution in [1.29, 1.82) is 0 Å². The quantitative estimate of drug-likeness (QED) is 0.281. The summed E-state index contributed by atoms with van der Waals surface area (Å²) in [7, 11) is 0. The number of aryl methyl sites for hydroxylation is 1. The summed E-state index contributed by atoms with van der Waals surface area (Å²) < 4.78 is 69.7. The molecule has 2 aromatic rings. The molecule has 0 saturated heterocycles. The predicted molar refractivity (Wildman–Crippen MR) is 66.6 cm³/mol. The Bertz CT molecular complexity index is 672. The Kier molecular flexibility index (Phi) is 4.75. The third-order valence-corrected chi connectivity index (χ3v) is 2.85. The molecule has 0 amide bonds. The zero-order valence-electron chi connectivity index (χ0n) is 11.0. The first-order valence-corrected chi connectivity index (χ1v) is 6.18. The van der Waals surface area contributed by atoms with Crippen LogP contribution >= 0.6 is 0 Å². The number of benzene rings is 2. The van der Waals surface area contributed by atoms with Gasteiger partial charge in [-0.05, 0) is 12.0 Å². The van der Waals surface area contributed by atoms with Crippen LogP contribution in [0.25, 0.3) is 0 Å². The van der Waals surface area contributed by atoms with E-state index in [9.17, 15) is 26.7 Å². The van der Waals surface area contributed by atoms with Gasteiger partial charge >= 0.3 is 5.97 Å². The van der Waals surface area contributed by atoms with Gasteiger partial charge in [-0.2, -0.15) is 8.78 Å². The number of carbonyl (C=O) groups excluding carboxylic acids is 1. The molecule has 2 aromatic carbocycles. The van der Waals surface area contributed by atoms with Crippen molar-refractivity contribution in [3.05, 3.63) is 65.0 Å². The Morgan fingerprint density at radius 3 is 1.86 bits per heavy atom. The fraction of sp³-hybridized carbons (Fsp3) is 0.133. The molecule has 0 radical (unpaired) electrons. The van der Waals surface area contributed by atoms with Crippen LogP contribution in [0.3, 0.4) is 0 Å². The SMILES string of the molecule is O=C(CCc1ccccc1)Oc1c(F)c(F)c(F)c(F)c1F. The highest BCUT2D eigenvalue weighted by Crippen LogP contribution is 2.29. The summed E-state index contributed by atoms with van der Waals surface area (Å²) in [5.41, 5.74) is 0.761. The van der Waals surface area contributed by atoms with Crippen LogP contribution in [-0.2, 0) is 11.2 Å². The van der Waals surface area contributed by atoms with Crippen LogP contribution in [0.5, 0.6) is 5.75 Å². The Balaban J connectivity index is 2.12. The van der Waals surface area contributed by atoms with E-state index in [1.54, 1.807) is 30.3 Å². The van der Waals surface area contributed by atoms with E-state index in [-0.39, 0.29) is 12.8 Å². The average Bonchev–Trinajstić information content (AvgIpc) is 2.54. The van der Waals surface area contributed by atoms with E-state index < -0.39 is 40.8 Å². The number of esters is 1. The molecule has 0 unspecified atom stereocenters. The molecule has 0 aromatic heterocycles. The number of carbonyl (C=O) groups is 1. The van der Waals surface area contributed by atoms with Gasteiger partial charge in [-0.3, -0.25) is 4.79 Å². The van der Waals surface area contributed by atoms with E-state index in [0.29, 0.717) is 0 Å². The fourth-order valence-electron chi connectivity index (χ4n) is 1.73. The van der Waals surface area contributed by atoms with Crippen LogP contribution in [0.2, 0.25) is 0 Å². The molecular weight excluding hydrogens is 307 g/mol. The van der Waals surface area contributed by atoms with Crippen molar-refractivity contribution in [2.45, 2.75) is 12.8 Å². The minimum atomic E-state index is -2.31. The minimum absolute atomic E-state index is 0.203. The summed E-state index contributed by atoms with van der Waals surface area (Å²) in [6.07, 6.45) is -0.0709. The second-order valence-electron chi connectivity index (χ2n) is 4.36. The summed E-state index contributed by atoms with van der Waals surface area (Å²) in [6.45, 7) is 0. The molecule has 0 aliphatic heterocycles. The maximum Gasteiger partial charge on any atom is 0.311 e. The van der Waals surface area contributed by atoms with Crippen molar-refractivity contribution in [2.75, 3.05) is 0 Å². The summed E-state index contributed by atoms with van der Waals surface area (Å²) in [4.78, 5) is 11.5. The summed E-state index contributed by atoms with van der Waals surface area (Å²) in [5, 5.41) is 0. The highest BCUT2D eigenvalue weighted by molar-refractivity contribution is 5.72. The molecule has 2 rings (SSSR count). The first-order valence-electron chi connectivity index (χ1n) is 6.18. The molecule has 22 heavy (non-hydrogen) atoms. The van der Waals surface area contributed by atoms with Gasteiger partial charge in [-0.1, -0.05) is 30.3 Å². The van der Waals surface area contributed by atoms with Gasteiger partial charge in [0.25, 0.3) is 0 Å². The van der Waals surface area contributed by atoms with Crippen LogP contribution in [0, 0.1) is 29.1 Å². The molecule has 116 valence electrons. The molecular formula is C15H9F5O2. The van der Waals surface area contributed by atoms with Gasteiger partial charge in [0.2, 0.25) is 34.8 Å². The van der Waals surface area contributed by atoms with Crippen molar-refractivity contribution >= 4 is 5.97 Å². The van der Waals surface area contributed by atoms with Crippen molar-refractivity contribution in [1.82, 2.24) is 0 Å². The molecule has 0 saturated carbocycles. The smallest absolute Gasteiger partial charge is 0.311 e. The first kappa shape index (κ1) is 15.9. The monoisotopic (exact) mass is 316 g/mol. The summed E-state index contributed by atoms with van der Waals surface area (Å²) in [6, 6.07) is 8.64. The highest BCUT2D eigenvalue weighted by atomic mass is 19.2. The van der Waals surface area contributed by atoms with Crippen molar-refractivity contribution < 1.29 is 31.5 Å². The molecule has 0 N–H and O–H groups in total. The Morgan fingerprint density at radius 2 is 1.32 bits per heavy atom. The lowest BCUT2D eigenvalue weighted by Crippen LogP contribution is -2.14. The van der Waals surface area contributed by atoms with Crippen molar-refractivity contribution in [2.24, 2.45) is 0 Å². The predicted octanol–water partition coefficient (Wildman–Crippen LogP) is 3.92. The zero-order valence-corrected chi connectivity index (χ0v) is 11.0. The fourth-order valence-corrected chi connectivity index (χ4v) is 1.73. The molecule has 0 heterocycles. The van der Waals surface area contributed by atoms with Crippen LogP contribution in [0.4, 0.5) is 22.0 Å². The molecule has 0 aliphatic carbocycles. The van der Waals surface area contributed by atoms with Crippen molar-refractivity contribution in [3.63, 3.8) is 0 Å². The van der Waals surface area contributed by atoms with Crippen LogP contribution in [0.1, 0.15) is 12.0 Å². The van der Waals surface area contributed by atoms with Gasteiger partial charge in [0.05, 0.1) is 0 Å². The zero-order chi connectivity index (χ0) is 16.3. The number of rotatable bonds is 4. The number of hydrogen-bond acceptors (Lipinski definition) is 2. The van der Waals surface area contributed by atoms with Gasteiger partial charge in [0.1, 0.15) is 0 Å². The summed E-state index contributed by atoms with van der Waals surface area (Å²) >= 11 is 0. The minimum Gasteiger partial charge on any atom is -0.420 e. The average molecular weight is 316 g/mol. The van der Waals surface area contributed by atoms with E-state index in [1.807, 2.05) is 0 Å². The van der Waals surface area contributed by atoms with E-state index in [2.05, 4.69) is 4.74 Å². The Labute approximate surface area is 122 Å². The number of hydrogen-bond donors (Lipinski definition) is 0. The van der Waals surface area contributed by atoms with E-state index in [4.69, 9.17) is 0 Å². The Morgan fingerprint density at radius 1 is 0.818 bits per heavy atom. The lowest BCUT2D eigenvalue weighted by atomic mass is 10.1. The second kappa shape index (κ2) is 6.55. The van der Waals surface area contributed by atoms with Crippen LogP contribution < -0.4 is 4.74 Å². The van der Waals surface area contributed by atoms with Crippen LogP contribution in [0.15, 0.2) is 30.3 Å². The highest BCUT2D eigenvalue weighted by Gasteiger charge is 2.28. The maximum atomic E-state index is 13.3. The lowest BCUT2D eigenvalue weighted by molar-refractivity contribution is -0.134. The second-order valence-corrected chi connectivity index (χ2v) is 4.36. The molecule has 2 nitrogen and oxygen atoms in total. The molecule has 7 heteroatoms. The first-order chi connectivity index (χ1) is 10.4. The number of ether oxygens (including phenoxy) is 1. The molecule has 0 spiro atoms. The third kappa shape index (κ3) is 3.24. The van der Waals surface area contributed by atoms with Gasteiger partial charge in [0.15, 0.2) is 0 Å². The lowest BCUT2D eigenvalue weighted by Gasteiger charge is -2.08. The van der Waals surface area contributed by atoms with Crippen molar-refractivity contribution in [3.8, 4) is 5.75 Å². The molecule has 0 atom stereocenters. The van der Waals surface area contributed by atoms with Gasteiger partial charge in [0, 0.05) is 6.42 Å². The van der Waals surface area contributed by atoms with E-state index in [0.717, 1.165) is 5.56 Å². The van der Waals surface area contributed by atoms with Gasteiger partial charge in [-0.15, -0.1) is 0 Å². The van der Waals surface area contributed by atoms with Gasteiger partial charge < -0.3 is 4.74 Å². The third-order valence-electron chi connectivity index (χ3n) is 2.85. The molecule has 0 fully saturated rings. The summed E-state index contributed by atoms with van der Waals surface area (Å²) in [5.74, 6) is -13.7. The standard InChI is InChI=1S/C15H9F5O2/c16-10-11(17)13(19)15(14(20)12(10)18)22-9(21)7-6-8-4-2-1-3-5-8/h1-5H,6-7H2. The number of halogens is 5. The largest absolute Gasteiger partial charge is 0.420 e. The normalized spacial score (nSPS) is 10.6. The van der Waals surface area contributed by atoms with Gasteiger partial charge in [-0.25, -0.2) is 13.2 Å². The van der Waals surface area contributed by atoms with E-state index >= 15 is 0 Å². The Hall–Kier alpha value is -2.44. The molecule has 0 aliphatic rings. The molecule has 0 bridgehead atoms. The maximum absolute atomic E-state index is 13.3.